The van der Waals surface area contributed by atoms with Crippen molar-refractivity contribution in [2.24, 2.45) is 0 Å². The van der Waals surface area contributed by atoms with Gasteiger partial charge in [-0.3, -0.25) is 4.79 Å². The third kappa shape index (κ3) is 2.18. The molecule has 1 aliphatic rings. The molecule has 0 saturated heterocycles. The maximum absolute atomic E-state index is 13.0. The second kappa shape index (κ2) is 5.77. The molecule has 1 heterocycles. The third-order valence-electron chi connectivity index (χ3n) is 4.17. The lowest BCUT2D eigenvalue weighted by Gasteiger charge is -2.28. The first kappa shape index (κ1) is 14.1. The molecular formula is C17H25NO. The van der Waals surface area contributed by atoms with Gasteiger partial charge in [0, 0.05) is 12.2 Å². The van der Waals surface area contributed by atoms with Crippen LogP contribution in [-0.2, 0) is 10.2 Å². The molecule has 1 aliphatic heterocycles. The van der Waals surface area contributed by atoms with Crippen molar-refractivity contribution in [2.75, 3.05) is 11.4 Å². The van der Waals surface area contributed by atoms with Gasteiger partial charge < -0.3 is 4.90 Å². The van der Waals surface area contributed by atoms with E-state index in [2.05, 4.69) is 39.0 Å². The minimum absolute atomic E-state index is 0.255. The van der Waals surface area contributed by atoms with E-state index >= 15 is 0 Å². The third-order valence-corrected chi connectivity index (χ3v) is 4.17. The van der Waals surface area contributed by atoms with Gasteiger partial charge in [-0.2, -0.15) is 0 Å². The molecule has 2 heteroatoms. The first-order valence-electron chi connectivity index (χ1n) is 7.62. The molecule has 0 saturated carbocycles. The van der Waals surface area contributed by atoms with Gasteiger partial charge in [-0.1, -0.05) is 51.8 Å². The highest BCUT2D eigenvalue weighted by Gasteiger charge is 2.48. The van der Waals surface area contributed by atoms with Gasteiger partial charge in [0.25, 0.3) is 0 Å². The Labute approximate surface area is 116 Å². The molecule has 19 heavy (non-hydrogen) atoms. The van der Waals surface area contributed by atoms with Crippen molar-refractivity contribution in [3.8, 4) is 0 Å². The topological polar surface area (TPSA) is 20.3 Å². The number of para-hydroxylation sites is 1. The largest absolute Gasteiger partial charge is 0.311 e. The van der Waals surface area contributed by atoms with Gasteiger partial charge in [-0.25, -0.2) is 0 Å². The Morgan fingerprint density at radius 1 is 1.00 bits per heavy atom. The number of carbonyl (C=O) groups excluding carboxylic acids is 1. The molecule has 0 aliphatic carbocycles. The number of fused-ring (bicyclic) bond motifs is 1. The fourth-order valence-corrected chi connectivity index (χ4v) is 3.50. The van der Waals surface area contributed by atoms with Gasteiger partial charge in [0.2, 0.25) is 5.91 Å². The summed E-state index contributed by atoms with van der Waals surface area (Å²) >= 11 is 0. The Balaban J connectivity index is 2.52. The van der Waals surface area contributed by atoms with Crippen LogP contribution in [0.25, 0.3) is 0 Å². The zero-order chi connectivity index (χ0) is 13.9. The van der Waals surface area contributed by atoms with Crippen molar-refractivity contribution in [1.29, 1.82) is 0 Å². The number of carbonyl (C=O) groups is 1. The average Bonchev–Trinajstić information content (AvgIpc) is 2.64. The van der Waals surface area contributed by atoms with E-state index < -0.39 is 0 Å². The number of hydrogen-bond acceptors (Lipinski definition) is 1. The van der Waals surface area contributed by atoms with Crippen molar-refractivity contribution in [1.82, 2.24) is 0 Å². The molecule has 1 aromatic rings. The van der Waals surface area contributed by atoms with Crippen molar-refractivity contribution < 1.29 is 4.79 Å². The molecule has 104 valence electrons. The highest BCUT2D eigenvalue weighted by Crippen LogP contribution is 2.47. The zero-order valence-corrected chi connectivity index (χ0v) is 12.4. The molecule has 1 aromatic carbocycles. The Bertz CT molecular complexity index is 446. The van der Waals surface area contributed by atoms with Crippen LogP contribution >= 0.6 is 0 Å². The first-order valence-corrected chi connectivity index (χ1v) is 7.62. The normalized spacial score (nSPS) is 16.8. The average molecular weight is 259 g/mol. The number of benzene rings is 1. The Kier molecular flexibility index (Phi) is 4.28. The molecular weight excluding hydrogens is 234 g/mol. The smallest absolute Gasteiger partial charge is 0.237 e. The molecule has 1 amide bonds. The van der Waals surface area contributed by atoms with E-state index in [1.165, 1.54) is 5.56 Å². The molecule has 0 N–H and O–H groups in total. The second-order valence-corrected chi connectivity index (χ2v) is 5.56. The van der Waals surface area contributed by atoms with Crippen LogP contribution < -0.4 is 4.90 Å². The maximum atomic E-state index is 13.0. The summed E-state index contributed by atoms with van der Waals surface area (Å²) in [7, 11) is 0. The highest BCUT2D eigenvalue weighted by molar-refractivity contribution is 6.08. The van der Waals surface area contributed by atoms with Crippen LogP contribution in [0.4, 0.5) is 5.69 Å². The summed E-state index contributed by atoms with van der Waals surface area (Å²) in [5.41, 5.74) is 2.16. The fraction of sp³-hybridized carbons (Fsp3) is 0.588. The molecule has 0 unspecified atom stereocenters. The second-order valence-electron chi connectivity index (χ2n) is 5.56. The number of amides is 1. The van der Waals surface area contributed by atoms with E-state index in [4.69, 9.17) is 0 Å². The van der Waals surface area contributed by atoms with Gasteiger partial charge in [0.15, 0.2) is 0 Å². The number of hydrogen-bond donors (Lipinski definition) is 0. The van der Waals surface area contributed by atoms with Crippen LogP contribution in [0.15, 0.2) is 24.3 Å². The lowest BCUT2D eigenvalue weighted by molar-refractivity contribution is -0.123. The summed E-state index contributed by atoms with van der Waals surface area (Å²) in [6.45, 7) is 7.33. The summed E-state index contributed by atoms with van der Waals surface area (Å²) in [6.07, 6.45) is 5.06. The monoisotopic (exact) mass is 259 g/mol. The predicted octanol–water partition coefficient (Wildman–Crippen LogP) is 4.28. The quantitative estimate of drug-likeness (QED) is 0.746. The molecule has 0 fully saturated rings. The zero-order valence-electron chi connectivity index (χ0n) is 12.4. The van der Waals surface area contributed by atoms with Gasteiger partial charge in [-0.15, -0.1) is 0 Å². The minimum atomic E-state index is -0.255. The molecule has 0 radical (unpaired) electrons. The molecule has 0 aromatic heterocycles. The van der Waals surface area contributed by atoms with Crippen LogP contribution in [0.2, 0.25) is 0 Å². The van der Waals surface area contributed by atoms with Crippen LogP contribution in [0, 0.1) is 0 Å². The van der Waals surface area contributed by atoms with E-state index in [1.807, 2.05) is 11.0 Å². The molecule has 2 rings (SSSR count). The molecule has 0 atom stereocenters. The van der Waals surface area contributed by atoms with E-state index in [0.29, 0.717) is 5.91 Å². The van der Waals surface area contributed by atoms with Crippen molar-refractivity contribution >= 4 is 11.6 Å². The summed E-state index contributed by atoms with van der Waals surface area (Å²) in [5, 5.41) is 0. The van der Waals surface area contributed by atoms with Crippen LogP contribution in [-0.4, -0.2) is 12.5 Å². The highest BCUT2D eigenvalue weighted by atomic mass is 16.2. The molecule has 0 spiro atoms. The number of anilines is 1. The van der Waals surface area contributed by atoms with Gasteiger partial charge >= 0.3 is 0 Å². The summed E-state index contributed by atoms with van der Waals surface area (Å²) in [5.74, 6) is 0.333. The van der Waals surface area contributed by atoms with Gasteiger partial charge in [0.05, 0.1) is 5.41 Å². The summed E-state index contributed by atoms with van der Waals surface area (Å²) in [4.78, 5) is 15.0. The Morgan fingerprint density at radius 2 is 1.63 bits per heavy atom. The minimum Gasteiger partial charge on any atom is -0.311 e. The van der Waals surface area contributed by atoms with Crippen molar-refractivity contribution in [3.63, 3.8) is 0 Å². The van der Waals surface area contributed by atoms with Crippen LogP contribution in [0.5, 0.6) is 0 Å². The maximum Gasteiger partial charge on any atom is 0.237 e. The lowest BCUT2D eigenvalue weighted by Crippen LogP contribution is -2.40. The Hall–Kier alpha value is -1.31. The molecule has 2 nitrogen and oxygen atoms in total. The predicted molar refractivity (Wildman–Crippen MR) is 80.6 cm³/mol. The summed E-state index contributed by atoms with van der Waals surface area (Å²) < 4.78 is 0. The summed E-state index contributed by atoms with van der Waals surface area (Å²) in [6, 6.07) is 8.38. The van der Waals surface area contributed by atoms with E-state index in [0.717, 1.165) is 44.3 Å². The molecule has 0 bridgehead atoms. The van der Waals surface area contributed by atoms with E-state index in [9.17, 15) is 4.79 Å². The van der Waals surface area contributed by atoms with Crippen LogP contribution in [0.3, 0.4) is 0 Å². The van der Waals surface area contributed by atoms with Crippen LogP contribution in [0.1, 0.15) is 58.4 Å². The van der Waals surface area contributed by atoms with Crippen molar-refractivity contribution in [2.45, 2.75) is 58.3 Å². The van der Waals surface area contributed by atoms with E-state index in [-0.39, 0.29) is 5.41 Å². The van der Waals surface area contributed by atoms with Crippen molar-refractivity contribution in [3.05, 3.63) is 29.8 Å². The Morgan fingerprint density at radius 3 is 2.21 bits per heavy atom. The fourth-order valence-electron chi connectivity index (χ4n) is 3.50. The number of nitrogens with zero attached hydrogens (tertiary/aromatic N) is 1. The lowest BCUT2D eigenvalue weighted by atomic mass is 9.74. The SMILES string of the molecule is CCCN1C(=O)C(CCC)(CCC)c2ccccc21. The van der Waals surface area contributed by atoms with Gasteiger partial charge in [-0.05, 0) is 30.9 Å². The van der Waals surface area contributed by atoms with E-state index in [1.54, 1.807) is 0 Å². The number of rotatable bonds is 6. The standard InChI is InChI=1S/C17H25NO/c1-4-11-17(12-5-2)14-9-7-8-10-15(14)18(13-6-3)16(17)19/h7-10H,4-6,11-13H2,1-3H3. The van der Waals surface area contributed by atoms with Gasteiger partial charge in [0.1, 0.15) is 0 Å². The first-order chi connectivity index (χ1) is 9.21.